The Bertz CT molecular complexity index is 983. The van der Waals surface area contributed by atoms with Gasteiger partial charge in [-0.05, 0) is 101 Å². The first-order valence-electron chi connectivity index (χ1n) is 12.7. The topological polar surface area (TPSA) is 71.2 Å². The number of nitrogens with two attached hydrogens (primary N) is 1. The third-order valence-corrected chi connectivity index (χ3v) is 8.44. The summed E-state index contributed by atoms with van der Waals surface area (Å²) in [6, 6.07) is 8.44. The lowest BCUT2D eigenvalue weighted by molar-refractivity contribution is -0.117. The van der Waals surface area contributed by atoms with Crippen molar-refractivity contribution in [3.8, 4) is 0 Å². The molecule has 184 valence electrons. The zero-order valence-electron chi connectivity index (χ0n) is 20.1. The van der Waals surface area contributed by atoms with Crippen LogP contribution in [0.2, 0.25) is 5.02 Å². The number of nitrogens with zero attached hydrogens (tertiary/aromatic N) is 2. The number of hydrogen-bond acceptors (Lipinski definition) is 5. The van der Waals surface area contributed by atoms with E-state index < -0.39 is 0 Å². The minimum Gasteiger partial charge on any atom is -0.375 e. The zero-order chi connectivity index (χ0) is 23.9. The van der Waals surface area contributed by atoms with Gasteiger partial charge in [-0.2, -0.15) is 0 Å². The molecular formula is C27H37ClN4OS. The van der Waals surface area contributed by atoms with E-state index in [2.05, 4.69) is 22.1 Å². The Morgan fingerprint density at radius 3 is 2.85 bits per heavy atom. The Hall–Kier alpha value is -1.89. The number of rotatable bonds is 9. The van der Waals surface area contributed by atoms with Gasteiger partial charge in [-0.25, -0.2) is 4.98 Å². The van der Waals surface area contributed by atoms with Gasteiger partial charge in [-0.15, -0.1) is 11.3 Å². The van der Waals surface area contributed by atoms with Crippen LogP contribution in [0.4, 0.5) is 5.13 Å². The summed E-state index contributed by atoms with van der Waals surface area (Å²) in [7, 11) is 0. The molecule has 34 heavy (non-hydrogen) atoms. The fraction of sp³-hybridized carbons (Fsp3) is 0.556. The fourth-order valence-corrected chi connectivity index (χ4v) is 6.58. The van der Waals surface area contributed by atoms with E-state index in [-0.39, 0.29) is 11.9 Å². The van der Waals surface area contributed by atoms with Crippen LogP contribution in [0.25, 0.3) is 6.08 Å². The Morgan fingerprint density at radius 1 is 1.26 bits per heavy atom. The van der Waals surface area contributed by atoms with Gasteiger partial charge in [0.2, 0.25) is 5.91 Å². The molecule has 1 atom stereocenters. The SMILES string of the molecule is CCCN(CCC1CCC(NC(=O)/C=C/c2cccc(Cl)c2)CC1)[C@H]1CCc2nc(N)sc2C1. The normalized spacial score (nSPS) is 22.7. The Balaban J connectivity index is 1.20. The van der Waals surface area contributed by atoms with E-state index in [0.717, 1.165) is 42.3 Å². The molecule has 1 aromatic carbocycles. The smallest absolute Gasteiger partial charge is 0.244 e. The molecule has 7 heteroatoms. The van der Waals surface area contributed by atoms with Crippen LogP contribution in [0.1, 0.15) is 68.0 Å². The van der Waals surface area contributed by atoms with Gasteiger partial charge < -0.3 is 16.0 Å². The van der Waals surface area contributed by atoms with E-state index in [4.69, 9.17) is 17.3 Å². The number of amides is 1. The average molecular weight is 501 g/mol. The van der Waals surface area contributed by atoms with E-state index in [1.54, 1.807) is 17.4 Å². The summed E-state index contributed by atoms with van der Waals surface area (Å²) < 4.78 is 0. The second-order valence-corrected chi connectivity index (χ2v) is 11.3. The number of anilines is 1. The van der Waals surface area contributed by atoms with E-state index in [1.807, 2.05) is 30.3 Å². The van der Waals surface area contributed by atoms with Crippen molar-refractivity contribution in [1.82, 2.24) is 15.2 Å². The van der Waals surface area contributed by atoms with Crippen molar-refractivity contribution in [3.05, 3.63) is 51.5 Å². The molecule has 1 heterocycles. The van der Waals surface area contributed by atoms with Gasteiger partial charge >= 0.3 is 0 Å². The van der Waals surface area contributed by atoms with E-state index in [0.29, 0.717) is 11.1 Å². The molecule has 1 saturated carbocycles. The van der Waals surface area contributed by atoms with Crippen molar-refractivity contribution in [2.75, 3.05) is 18.8 Å². The summed E-state index contributed by atoms with van der Waals surface area (Å²) in [6.45, 7) is 4.62. The highest BCUT2D eigenvalue weighted by Crippen LogP contribution is 2.32. The van der Waals surface area contributed by atoms with Gasteiger partial charge in [0, 0.05) is 28.1 Å². The van der Waals surface area contributed by atoms with Gasteiger partial charge in [0.15, 0.2) is 5.13 Å². The van der Waals surface area contributed by atoms with Crippen LogP contribution >= 0.6 is 22.9 Å². The third kappa shape index (κ3) is 7.06. The first-order valence-corrected chi connectivity index (χ1v) is 13.9. The summed E-state index contributed by atoms with van der Waals surface area (Å²) in [5.74, 6) is 0.741. The fourth-order valence-electron chi connectivity index (χ4n) is 5.43. The van der Waals surface area contributed by atoms with Crippen LogP contribution in [-0.2, 0) is 17.6 Å². The second-order valence-electron chi connectivity index (χ2n) is 9.76. The second kappa shape index (κ2) is 12.2. The number of nitrogens with one attached hydrogen (secondary N) is 1. The molecule has 2 aliphatic carbocycles. The molecule has 0 saturated heterocycles. The number of thiazole rings is 1. The maximum Gasteiger partial charge on any atom is 0.244 e. The molecule has 0 spiro atoms. The van der Waals surface area contributed by atoms with Crippen LogP contribution in [-0.4, -0.2) is 41.0 Å². The first-order chi connectivity index (χ1) is 16.5. The summed E-state index contributed by atoms with van der Waals surface area (Å²) in [4.78, 5) is 21.0. The standard InChI is InChI=1S/C27H37ClN4OS/c1-2-15-32(23-11-12-24-25(18-23)34-27(29)31-24)16-14-19-6-9-22(10-7-19)30-26(33)13-8-20-4-3-5-21(28)17-20/h3-5,8,13,17,19,22-23H,2,6-7,9-12,14-16,18H2,1H3,(H2,29,31)(H,30,33)/b13-8+/t19?,22?,23-/m0/s1. The number of carbonyl (C=O) groups excluding carboxylic acids is 1. The molecule has 0 radical (unpaired) electrons. The van der Waals surface area contributed by atoms with Crippen molar-refractivity contribution in [2.24, 2.45) is 5.92 Å². The summed E-state index contributed by atoms with van der Waals surface area (Å²) in [5.41, 5.74) is 8.12. The largest absolute Gasteiger partial charge is 0.375 e. The maximum absolute atomic E-state index is 12.4. The quantitative estimate of drug-likeness (QED) is 0.431. The predicted octanol–water partition coefficient (Wildman–Crippen LogP) is 5.73. The molecule has 0 aliphatic heterocycles. The van der Waals surface area contributed by atoms with Crippen LogP contribution in [0.15, 0.2) is 30.3 Å². The van der Waals surface area contributed by atoms with Gasteiger partial charge in [0.25, 0.3) is 0 Å². The van der Waals surface area contributed by atoms with Crippen LogP contribution in [0.3, 0.4) is 0 Å². The number of benzene rings is 1. The van der Waals surface area contributed by atoms with Crippen molar-refractivity contribution in [1.29, 1.82) is 0 Å². The Kier molecular flexibility index (Phi) is 9.04. The number of aromatic nitrogens is 1. The molecule has 1 fully saturated rings. The van der Waals surface area contributed by atoms with Gasteiger partial charge in [-0.1, -0.05) is 30.7 Å². The number of hydrogen-bond donors (Lipinski definition) is 2. The van der Waals surface area contributed by atoms with Crippen molar-refractivity contribution in [2.45, 2.75) is 76.8 Å². The van der Waals surface area contributed by atoms with Gasteiger partial charge in [0.1, 0.15) is 0 Å². The zero-order valence-corrected chi connectivity index (χ0v) is 21.7. The Labute approximate surface area is 212 Å². The molecule has 1 amide bonds. The molecule has 3 N–H and O–H groups in total. The average Bonchev–Trinajstić information content (AvgIpc) is 3.20. The lowest BCUT2D eigenvalue weighted by Crippen LogP contribution is -2.41. The maximum atomic E-state index is 12.4. The number of halogens is 1. The molecule has 0 bridgehead atoms. The lowest BCUT2D eigenvalue weighted by atomic mass is 9.83. The van der Waals surface area contributed by atoms with Crippen LogP contribution in [0, 0.1) is 5.92 Å². The van der Waals surface area contributed by atoms with Crippen LogP contribution in [0.5, 0.6) is 0 Å². The monoisotopic (exact) mass is 500 g/mol. The molecule has 4 rings (SSSR count). The molecule has 0 unspecified atom stereocenters. The third-order valence-electron chi connectivity index (χ3n) is 7.25. The van der Waals surface area contributed by atoms with E-state index >= 15 is 0 Å². The number of nitrogen functional groups attached to an aromatic ring is 1. The predicted molar refractivity (Wildman–Crippen MR) is 143 cm³/mol. The number of fused-ring (bicyclic) bond motifs is 1. The molecule has 2 aromatic rings. The van der Waals surface area contributed by atoms with Gasteiger partial charge in [0.05, 0.1) is 5.69 Å². The lowest BCUT2D eigenvalue weighted by Gasteiger charge is -2.36. The highest BCUT2D eigenvalue weighted by Gasteiger charge is 2.28. The van der Waals surface area contributed by atoms with Crippen molar-refractivity contribution >= 4 is 40.1 Å². The minimum absolute atomic E-state index is 0.0158. The first kappa shape index (κ1) is 25.2. The summed E-state index contributed by atoms with van der Waals surface area (Å²) in [5, 5.41) is 4.59. The molecule has 5 nitrogen and oxygen atoms in total. The summed E-state index contributed by atoms with van der Waals surface area (Å²) in [6.07, 6.45) is 13.8. The van der Waals surface area contributed by atoms with E-state index in [9.17, 15) is 4.79 Å². The van der Waals surface area contributed by atoms with Crippen LogP contribution < -0.4 is 11.1 Å². The molecule has 1 aromatic heterocycles. The van der Waals surface area contributed by atoms with Gasteiger partial charge in [-0.3, -0.25) is 4.79 Å². The minimum atomic E-state index is -0.0158. The number of carbonyl (C=O) groups is 1. The highest BCUT2D eigenvalue weighted by molar-refractivity contribution is 7.15. The molecule has 2 aliphatic rings. The Morgan fingerprint density at radius 2 is 2.09 bits per heavy atom. The van der Waals surface area contributed by atoms with Crippen molar-refractivity contribution < 1.29 is 4.79 Å². The highest BCUT2D eigenvalue weighted by atomic mass is 35.5. The molecular weight excluding hydrogens is 464 g/mol. The van der Waals surface area contributed by atoms with E-state index in [1.165, 1.54) is 55.8 Å². The summed E-state index contributed by atoms with van der Waals surface area (Å²) >= 11 is 7.69. The van der Waals surface area contributed by atoms with Crippen molar-refractivity contribution in [3.63, 3.8) is 0 Å². The number of aryl methyl sites for hydroxylation is 1.